The maximum Gasteiger partial charge on any atom is 0.525 e. The van der Waals surface area contributed by atoms with E-state index in [1.165, 1.54) is 25.3 Å². The van der Waals surface area contributed by atoms with Gasteiger partial charge in [-0.15, -0.1) is 0 Å². The first kappa shape index (κ1) is 23.4. The number of carbonyl (C=O) groups excluding carboxylic acids is 2. The highest BCUT2D eigenvalue weighted by molar-refractivity contribution is 5.96. The van der Waals surface area contributed by atoms with Crippen molar-refractivity contribution >= 4 is 29.3 Å². The summed E-state index contributed by atoms with van der Waals surface area (Å²) in [7, 11) is 1.41. The standard InChI is InChI=1S/C26H29FN2O3/c1-4-5-16-29(26(31)32-3)18-21(22-11-7-9-13-24(22)29)17-19(2)28-25(30)15-14-20-10-6-8-12-23(20)27/h6-15,18-19H,4-5,16-17H2,1-3H3/p+1/t19-,29?/m1/s1. The average Bonchev–Trinajstić information content (AvgIpc) is 3.11. The summed E-state index contributed by atoms with van der Waals surface area (Å²) < 4.78 is 18.9. The van der Waals surface area contributed by atoms with Crippen molar-refractivity contribution in [2.45, 2.75) is 39.2 Å². The van der Waals surface area contributed by atoms with Crippen LogP contribution in [0.2, 0.25) is 0 Å². The van der Waals surface area contributed by atoms with Crippen molar-refractivity contribution in [3.05, 3.63) is 77.8 Å². The van der Waals surface area contributed by atoms with Crippen molar-refractivity contribution in [1.82, 2.24) is 9.80 Å². The van der Waals surface area contributed by atoms with Gasteiger partial charge < -0.3 is 10.1 Å². The zero-order chi connectivity index (χ0) is 23.1. The number of nitrogens with one attached hydrogen (secondary N) is 1. The van der Waals surface area contributed by atoms with Gasteiger partial charge in [-0.2, -0.15) is 9.28 Å². The Balaban J connectivity index is 1.77. The molecule has 168 valence electrons. The maximum atomic E-state index is 13.7. The number of ether oxygens (including phenoxy) is 1. The largest absolute Gasteiger partial charge is 0.525 e. The van der Waals surface area contributed by atoms with Gasteiger partial charge in [-0.3, -0.25) is 4.79 Å². The molecule has 0 aromatic heterocycles. The molecule has 3 rings (SSSR count). The van der Waals surface area contributed by atoms with Crippen molar-refractivity contribution in [3.8, 4) is 0 Å². The third-order valence-electron chi connectivity index (χ3n) is 5.66. The van der Waals surface area contributed by atoms with Gasteiger partial charge in [0, 0.05) is 34.9 Å². The lowest BCUT2D eigenvalue weighted by Crippen LogP contribution is -2.49. The first-order valence-electron chi connectivity index (χ1n) is 10.9. The molecule has 0 fully saturated rings. The summed E-state index contributed by atoms with van der Waals surface area (Å²) in [6.45, 7) is 4.62. The quantitative estimate of drug-likeness (QED) is 0.428. The molecule has 0 aliphatic carbocycles. The molecule has 0 spiro atoms. The molecule has 5 nitrogen and oxygen atoms in total. The number of hydrogen-bond donors (Lipinski definition) is 1. The number of halogens is 1. The van der Waals surface area contributed by atoms with E-state index in [0.717, 1.165) is 29.7 Å². The maximum absolute atomic E-state index is 13.7. The van der Waals surface area contributed by atoms with Crippen molar-refractivity contribution in [3.63, 3.8) is 0 Å². The van der Waals surface area contributed by atoms with Crippen molar-refractivity contribution in [2.24, 2.45) is 0 Å². The average molecular weight is 438 g/mol. The van der Waals surface area contributed by atoms with E-state index in [2.05, 4.69) is 12.2 Å². The fraction of sp³-hybridized carbons (Fsp3) is 0.308. The van der Waals surface area contributed by atoms with Gasteiger partial charge in [0.05, 0.1) is 13.7 Å². The Kier molecular flexibility index (Phi) is 7.59. The van der Waals surface area contributed by atoms with E-state index in [0.29, 0.717) is 18.5 Å². The van der Waals surface area contributed by atoms with Gasteiger partial charge in [-0.05, 0) is 38.0 Å². The first-order valence-corrected chi connectivity index (χ1v) is 10.9. The Hall–Kier alpha value is -3.25. The second kappa shape index (κ2) is 10.4. The lowest BCUT2D eigenvalue weighted by atomic mass is 10.0. The number of hydrogen-bond acceptors (Lipinski definition) is 3. The molecule has 2 atom stereocenters. The van der Waals surface area contributed by atoms with Gasteiger partial charge >= 0.3 is 6.09 Å². The lowest BCUT2D eigenvalue weighted by Gasteiger charge is -2.27. The number of fused-ring (bicyclic) bond motifs is 1. The van der Waals surface area contributed by atoms with Gasteiger partial charge in [0.1, 0.15) is 12.0 Å². The molecule has 1 aliphatic rings. The Labute approximate surface area is 188 Å². The molecule has 2 amide bonds. The van der Waals surface area contributed by atoms with Crippen molar-refractivity contribution in [2.75, 3.05) is 13.7 Å². The molecule has 2 aromatic carbocycles. The summed E-state index contributed by atoms with van der Waals surface area (Å²) in [5.74, 6) is -0.673. The van der Waals surface area contributed by atoms with Gasteiger partial charge in [-0.25, -0.2) is 4.39 Å². The minimum absolute atomic E-state index is 0.0314. The van der Waals surface area contributed by atoms with Crippen LogP contribution in [0.4, 0.5) is 14.9 Å². The molecule has 2 aromatic rings. The predicted octanol–water partition coefficient (Wildman–Crippen LogP) is 5.66. The monoisotopic (exact) mass is 437 g/mol. The fourth-order valence-electron chi connectivity index (χ4n) is 4.11. The van der Waals surface area contributed by atoms with Crippen molar-refractivity contribution in [1.29, 1.82) is 0 Å². The number of carbonyl (C=O) groups is 2. The molecule has 0 bridgehead atoms. The fourth-order valence-corrected chi connectivity index (χ4v) is 4.11. The van der Waals surface area contributed by atoms with E-state index in [1.807, 2.05) is 37.4 Å². The molecule has 1 N–H and O–H groups in total. The number of quaternary nitrogens is 1. The number of methoxy groups -OCH3 is 1. The number of rotatable bonds is 8. The molecule has 6 heteroatoms. The van der Waals surface area contributed by atoms with Crippen LogP contribution in [0.25, 0.3) is 11.6 Å². The Morgan fingerprint density at radius 1 is 1.16 bits per heavy atom. The molecule has 0 saturated heterocycles. The van der Waals surface area contributed by atoms with Gasteiger partial charge in [0.25, 0.3) is 0 Å². The second-order valence-electron chi connectivity index (χ2n) is 8.06. The van der Waals surface area contributed by atoms with Crippen LogP contribution < -0.4 is 9.80 Å². The van der Waals surface area contributed by atoms with Crippen LogP contribution in [0, 0.1) is 5.82 Å². The molecule has 0 saturated carbocycles. The zero-order valence-electron chi connectivity index (χ0n) is 18.8. The first-order chi connectivity index (χ1) is 15.4. The van der Waals surface area contributed by atoms with Gasteiger partial charge in [-0.1, -0.05) is 43.7 Å². The van der Waals surface area contributed by atoms with Crippen LogP contribution in [-0.2, 0) is 9.53 Å². The number of nitrogens with zero attached hydrogens (tertiary/aromatic N) is 1. The highest BCUT2D eigenvalue weighted by atomic mass is 19.1. The van der Waals surface area contributed by atoms with Crippen molar-refractivity contribution < 1.29 is 18.7 Å². The summed E-state index contributed by atoms with van der Waals surface area (Å²) in [5.41, 5.74) is 3.25. The Bertz CT molecular complexity index is 1050. The van der Waals surface area contributed by atoms with E-state index < -0.39 is 0 Å². The predicted molar refractivity (Wildman–Crippen MR) is 126 cm³/mol. The molecule has 1 aliphatic heterocycles. The van der Waals surface area contributed by atoms with E-state index >= 15 is 0 Å². The molecule has 32 heavy (non-hydrogen) atoms. The van der Waals surface area contributed by atoms with Gasteiger partial charge in [0.2, 0.25) is 5.91 Å². The summed E-state index contributed by atoms with van der Waals surface area (Å²) >= 11 is 0. The summed E-state index contributed by atoms with van der Waals surface area (Å²) in [5, 5.41) is 2.93. The normalized spacial score (nSPS) is 18.2. The van der Waals surface area contributed by atoms with Crippen LogP contribution >= 0.6 is 0 Å². The zero-order valence-corrected chi connectivity index (χ0v) is 18.8. The summed E-state index contributed by atoms with van der Waals surface area (Å²) in [4.78, 5) is 25.2. The molecular weight excluding hydrogens is 407 g/mol. The van der Waals surface area contributed by atoms with Crippen LogP contribution in [0.3, 0.4) is 0 Å². The number of amides is 2. The second-order valence-corrected chi connectivity index (χ2v) is 8.06. The smallest absolute Gasteiger partial charge is 0.423 e. The summed E-state index contributed by atoms with van der Waals surface area (Å²) in [6, 6.07) is 14.0. The van der Waals surface area contributed by atoms with Crippen LogP contribution in [-0.4, -0.2) is 31.7 Å². The van der Waals surface area contributed by atoms with E-state index in [9.17, 15) is 14.0 Å². The highest BCUT2D eigenvalue weighted by Gasteiger charge is 2.46. The number of benzene rings is 2. The third kappa shape index (κ3) is 4.97. The molecule has 1 unspecified atom stereocenters. The minimum atomic E-state index is -0.374. The van der Waals surface area contributed by atoms with Crippen LogP contribution in [0.5, 0.6) is 0 Å². The Morgan fingerprint density at radius 3 is 2.59 bits per heavy atom. The lowest BCUT2D eigenvalue weighted by molar-refractivity contribution is -0.116. The topological polar surface area (TPSA) is 55.4 Å². The van der Waals surface area contributed by atoms with Crippen LogP contribution in [0.1, 0.15) is 44.2 Å². The number of unbranched alkanes of at least 4 members (excludes halogenated alkanes) is 1. The third-order valence-corrected chi connectivity index (χ3v) is 5.66. The molecule has 0 radical (unpaired) electrons. The van der Waals surface area contributed by atoms with Crippen LogP contribution in [0.15, 0.2) is 60.8 Å². The van der Waals surface area contributed by atoms with Gasteiger partial charge in [0.15, 0.2) is 5.69 Å². The molecule has 1 heterocycles. The minimum Gasteiger partial charge on any atom is -0.423 e. The van der Waals surface area contributed by atoms with E-state index in [1.54, 1.807) is 18.2 Å². The molecular formula is C26H30FN2O3+. The Morgan fingerprint density at radius 2 is 1.88 bits per heavy atom. The summed E-state index contributed by atoms with van der Waals surface area (Å²) in [6.07, 6.45) is 6.84. The van der Waals surface area contributed by atoms with E-state index in [4.69, 9.17) is 4.74 Å². The van der Waals surface area contributed by atoms with E-state index in [-0.39, 0.29) is 28.3 Å². The number of para-hydroxylation sites is 1. The SMILES string of the molecule is CCCC[N+]1(C(=O)OC)C=C(C[C@@H](C)NC(=O)C=Cc2ccccc2F)c2ccccc21. The highest BCUT2D eigenvalue weighted by Crippen LogP contribution is 2.43.